The number of anilines is 1. The van der Waals surface area contributed by atoms with Crippen molar-refractivity contribution in [1.29, 1.82) is 0 Å². The Morgan fingerprint density at radius 3 is 2.60 bits per heavy atom. The molecule has 0 spiro atoms. The lowest BCUT2D eigenvalue weighted by molar-refractivity contribution is -0.136. The van der Waals surface area contributed by atoms with E-state index in [9.17, 15) is 9.90 Å². The maximum atomic E-state index is 14.1. The molecule has 1 amide bonds. The summed E-state index contributed by atoms with van der Waals surface area (Å²) in [5, 5.41) is 13.4. The van der Waals surface area contributed by atoms with E-state index in [1.165, 1.54) is 11.1 Å². The van der Waals surface area contributed by atoms with Gasteiger partial charge >= 0.3 is 0 Å². The molecule has 0 bridgehead atoms. The highest BCUT2D eigenvalue weighted by Crippen LogP contribution is 2.36. The van der Waals surface area contributed by atoms with Crippen LogP contribution >= 0.6 is 12.4 Å². The largest absolute Gasteiger partial charge is 0.477 e. The average molecular weight is 574 g/mol. The number of amides is 1. The van der Waals surface area contributed by atoms with E-state index >= 15 is 0 Å². The Balaban J connectivity index is 0.00000441. The molecule has 1 saturated carbocycles. The molecular weight excluding hydrogens is 526 g/mol. The summed E-state index contributed by atoms with van der Waals surface area (Å²) in [6, 6.07) is 14.7. The van der Waals surface area contributed by atoms with E-state index in [2.05, 4.69) is 42.3 Å². The summed E-state index contributed by atoms with van der Waals surface area (Å²) in [6.45, 7) is 12.5. The fourth-order valence-corrected chi connectivity index (χ4v) is 5.71. The first-order valence-electron chi connectivity index (χ1n) is 14.5. The Hall–Kier alpha value is -2.16. The number of aryl methyl sites for hydroxylation is 1. The lowest BCUT2D eigenvalue weighted by Gasteiger charge is -2.39. The lowest BCUT2D eigenvalue weighted by atomic mass is 9.83. The van der Waals surface area contributed by atoms with Crippen LogP contribution in [0.3, 0.4) is 0 Å². The van der Waals surface area contributed by atoms with Gasteiger partial charge in [0.25, 0.3) is 5.91 Å². The Morgan fingerprint density at radius 1 is 1.18 bits per heavy atom. The number of carbonyl (C=O) groups excluding carboxylic acids is 1. The van der Waals surface area contributed by atoms with Crippen LogP contribution in [0.15, 0.2) is 42.5 Å². The molecule has 2 fully saturated rings. The minimum atomic E-state index is -0.886. The van der Waals surface area contributed by atoms with Gasteiger partial charge in [-0.2, -0.15) is 0 Å². The molecular formula is C32H48ClN3O4. The molecule has 4 rings (SSSR count). The van der Waals surface area contributed by atoms with Gasteiger partial charge in [0.1, 0.15) is 5.75 Å². The lowest BCUT2D eigenvalue weighted by Crippen LogP contribution is -2.53. The number of ether oxygens (including phenoxy) is 2. The number of nitrogens with zero attached hydrogens (tertiary/aromatic N) is 2. The molecule has 0 aromatic heterocycles. The second kappa shape index (κ2) is 14.1. The number of hydrogen-bond donors (Lipinski definition) is 2. The highest BCUT2D eigenvalue weighted by molar-refractivity contribution is 5.99. The van der Waals surface area contributed by atoms with E-state index in [0.717, 1.165) is 56.7 Å². The Bertz CT molecular complexity index is 1110. The van der Waals surface area contributed by atoms with Gasteiger partial charge in [-0.05, 0) is 94.3 Å². The van der Waals surface area contributed by atoms with Crippen molar-refractivity contribution >= 4 is 24.0 Å². The number of hydrogen-bond acceptors (Lipinski definition) is 6. The van der Waals surface area contributed by atoms with Crippen molar-refractivity contribution < 1.29 is 19.4 Å². The molecule has 8 heteroatoms. The monoisotopic (exact) mass is 573 g/mol. The van der Waals surface area contributed by atoms with Crippen LogP contribution < -0.4 is 15.0 Å². The van der Waals surface area contributed by atoms with Crippen molar-refractivity contribution in [2.75, 3.05) is 38.2 Å². The normalized spacial score (nSPS) is 19.5. The van der Waals surface area contributed by atoms with E-state index in [1.807, 2.05) is 31.3 Å². The molecule has 1 heterocycles. The van der Waals surface area contributed by atoms with Gasteiger partial charge in [-0.25, -0.2) is 0 Å². The number of piperazine rings is 1. The number of halogens is 1. The summed E-state index contributed by atoms with van der Waals surface area (Å²) >= 11 is 0. The molecule has 0 unspecified atom stereocenters. The maximum absolute atomic E-state index is 14.1. The first-order valence-corrected chi connectivity index (χ1v) is 14.5. The fourth-order valence-electron chi connectivity index (χ4n) is 5.71. The topological polar surface area (TPSA) is 74.3 Å². The summed E-state index contributed by atoms with van der Waals surface area (Å²) in [5.74, 6) is 0.689. The van der Waals surface area contributed by atoms with E-state index < -0.39 is 11.2 Å². The SMILES string of the molecule is Cc1cc(N(C)C(=O)C2(Oc3cccc(COCC(C)(C)O)c3)CCCCC2)ccc1CN1CCN[C@@H](C)C1.Cl. The van der Waals surface area contributed by atoms with Crippen LogP contribution in [0.5, 0.6) is 5.75 Å². The molecule has 2 N–H and O–H groups in total. The first-order chi connectivity index (χ1) is 18.5. The van der Waals surface area contributed by atoms with Gasteiger partial charge in [-0.15, -0.1) is 12.4 Å². The van der Waals surface area contributed by atoms with Gasteiger partial charge in [0, 0.05) is 45.0 Å². The highest BCUT2D eigenvalue weighted by Gasteiger charge is 2.44. The zero-order chi connectivity index (χ0) is 28.0. The van der Waals surface area contributed by atoms with Crippen LogP contribution in [0.4, 0.5) is 5.69 Å². The Kier molecular flexibility index (Phi) is 11.4. The zero-order valence-corrected chi connectivity index (χ0v) is 25.7. The second-order valence-corrected chi connectivity index (χ2v) is 12.2. The minimum Gasteiger partial charge on any atom is -0.477 e. The first kappa shape index (κ1) is 32.4. The summed E-state index contributed by atoms with van der Waals surface area (Å²) < 4.78 is 12.3. The summed E-state index contributed by atoms with van der Waals surface area (Å²) in [4.78, 5) is 18.4. The smallest absolute Gasteiger partial charge is 0.270 e. The van der Waals surface area contributed by atoms with E-state index in [-0.39, 0.29) is 24.9 Å². The number of carbonyl (C=O) groups is 1. The number of aliphatic hydroxyl groups is 1. The highest BCUT2D eigenvalue weighted by atomic mass is 35.5. The number of rotatable bonds is 10. The van der Waals surface area contributed by atoms with Crippen LogP contribution in [-0.4, -0.2) is 66.4 Å². The molecule has 1 aliphatic carbocycles. The van der Waals surface area contributed by atoms with E-state index in [4.69, 9.17) is 9.47 Å². The van der Waals surface area contributed by atoms with Crippen molar-refractivity contribution in [3.05, 3.63) is 59.2 Å². The van der Waals surface area contributed by atoms with Crippen LogP contribution in [0, 0.1) is 6.92 Å². The Labute approximate surface area is 246 Å². The van der Waals surface area contributed by atoms with Crippen LogP contribution in [0.1, 0.15) is 69.6 Å². The van der Waals surface area contributed by atoms with Crippen LogP contribution in [-0.2, 0) is 22.7 Å². The third kappa shape index (κ3) is 8.67. The third-order valence-corrected chi connectivity index (χ3v) is 7.85. The molecule has 2 aliphatic rings. The third-order valence-electron chi connectivity index (χ3n) is 7.85. The Morgan fingerprint density at radius 2 is 1.93 bits per heavy atom. The number of nitrogens with one attached hydrogen (secondary N) is 1. The van der Waals surface area contributed by atoms with Crippen molar-refractivity contribution in [2.24, 2.45) is 0 Å². The summed E-state index contributed by atoms with van der Waals surface area (Å²) in [7, 11) is 1.87. The average Bonchev–Trinajstić information content (AvgIpc) is 2.89. The number of benzene rings is 2. The van der Waals surface area contributed by atoms with Crippen molar-refractivity contribution in [1.82, 2.24) is 10.2 Å². The van der Waals surface area contributed by atoms with Gasteiger partial charge < -0.3 is 24.8 Å². The maximum Gasteiger partial charge on any atom is 0.270 e. The van der Waals surface area contributed by atoms with Gasteiger partial charge in [-0.1, -0.05) is 24.6 Å². The van der Waals surface area contributed by atoms with Crippen LogP contribution in [0.2, 0.25) is 0 Å². The van der Waals surface area contributed by atoms with E-state index in [1.54, 1.807) is 18.7 Å². The molecule has 0 radical (unpaired) electrons. The molecule has 1 atom stereocenters. The van der Waals surface area contributed by atoms with Crippen LogP contribution in [0.25, 0.3) is 0 Å². The van der Waals surface area contributed by atoms with Crippen molar-refractivity contribution in [3.8, 4) is 5.75 Å². The molecule has 1 aliphatic heterocycles. The standard InChI is InChI=1S/C32H47N3O4.ClH/c1-24-18-28(13-12-27(24)21-35-17-16-33-25(2)20-35)34(5)30(36)32(14-7-6-8-15-32)39-29-11-9-10-26(19-29)22-38-23-31(3,4)37;/h9-13,18-19,25,33,37H,6-8,14-17,20-23H2,1-5H3;1H/t25-;/m0./s1. The molecule has 40 heavy (non-hydrogen) atoms. The van der Waals surface area contributed by atoms with E-state index in [0.29, 0.717) is 31.2 Å². The quantitative estimate of drug-likeness (QED) is 0.405. The summed E-state index contributed by atoms with van der Waals surface area (Å²) in [6.07, 6.45) is 4.46. The van der Waals surface area contributed by atoms with Crippen molar-refractivity contribution in [2.45, 2.75) is 90.2 Å². The van der Waals surface area contributed by atoms with Crippen molar-refractivity contribution in [3.63, 3.8) is 0 Å². The van der Waals surface area contributed by atoms with Gasteiger partial charge in [0.2, 0.25) is 0 Å². The fraction of sp³-hybridized carbons (Fsp3) is 0.594. The number of likely N-dealkylation sites (N-methyl/N-ethyl adjacent to an activating group) is 1. The predicted octanol–water partition coefficient (Wildman–Crippen LogP) is 5.24. The molecule has 1 saturated heterocycles. The van der Waals surface area contributed by atoms with Gasteiger partial charge in [-0.3, -0.25) is 9.69 Å². The zero-order valence-electron chi connectivity index (χ0n) is 24.9. The molecule has 7 nitrogen and oxygen atoms in total. The second-order valence-electron chi connectivity index (χ2n) is 12.2. The minimum absolute atomic E-state index is 0. The molecule has 2 aromatic rings. The van der Waals surface area contributed by atoms with Gasteiger partial charge in [0.15, 0.2) is 5.60 Å². The summed E-state index contributed by atoms with van der Waals surface area (Å²) in [5.41, 5.74) is 2.60. The predicted molar refractivity (Wildman–Crippen MR) is 163 cm³/mol. The van der Waals surface area contributed by atoms with Gasteiger partial charge in [0.05, 0.1) is 18.8 Å². The molecule has 2 aromatic carbocycles. The molecule has 222 valence electrons.